The van der Waals surface area contributed by atoms with E-state index in [4.69, 9.17) is 4.42 Å². The van der Waals surface area contributed by atoms with Crippen molar-refractivity contribution in [1.82, 2.24) is 9.97 Å². The number of rotatable bonds is 1. The topological polar surface area (TPSA) is 58.9 Å². The zero-order valence-electron chi connectivity index (χ0n) is 14.8. The molecule has 28 heavy (non-hydrogen) atoms. The van der Waals surface area contributed by atoms with Crippen LogP contribution in [0.1, 0.15) is 0 Å². The summed E-state index contributed by atoms with van der Waals surface area (Å²) in [6.45, 7) is 0. The molecule has 0 fully saturated rings. The van der Waals surface area contributed by atoms with Gasteiger partial charge in [0.05, 0.1) is 21.9 Å². The van der Waals surface area contributed by atoms with E-state index in [0.717, 1.165) is 43.8 Å². The summed E-state index contributed by atoms with van der Waals surface area (Å²) in [6.07, 6.45) is 1.81. The second-order valence-electron chi connectivity index (χ2n) is 6.87. The van der Waals surface area contributed by atoms with Crippen molar-refractivity contribution in [3.63, 3.8) is 0 Å². The largest absolute Gasteiger partial charge is 0.422 e. The third-order valence-corrected chi connectivity index (χ3v) is 5.31. The Balaban J connectivity index is 1.97. The number of pyridine rings is 1. The van der Waals surface area contributed by atoms with Gasteiger partial charge >= 0.3 is 5.63 Å². The molecule has 3 aromatic heterocycles. The van der Waals surface area contributed by atoms with E-state index in [0.29, 0.717) is 11.0 Å². The third-order valence-electron chi connectivity index (χ3n) is 5.31. The second kappa shape index (κ2) is 5.54. The van der Waals surface area contributed by atoms with Crippen molar-refractivity contribution in [3.05, 3.63) is 89.4 Å². The van der Waals surface area contributed by atoms with Crippen molar-refractivity contribution in [3.8, 4) is 11.1 Å². The first-order valence-corrected chi connectivity index (χ1v) is 9.11. The standard InChI is InChI=1S/C24H14N2O2/c27-24-20-19(14-6-2-1-3-7-14)17-11-10-15-12-13-25-21(15)23(17)26-22(20)16-8-4-5-9-18(16)28-24/h1-13,26H. The maximum atomic E-state index is 13.0. The zero-order chi connectivity index (χ0) is 18.7. The Morgan fingerprint density at radius 3 is 2.50 bits per heavy atom. The predicted octanol–water partition coefficient (Wildman–Crippen LogP) is 5.64. The Labute approximate surface area is 159 Å². The van der Waals surface area contributed by atoms with Gasteiger partial charge in [-0.3, -0.25) is 4.98 Å². The molecule has 3 heterocycles. The van der Waals surface area contributed by atoms with E-state index in [9.17, 15) is 4.79 Å². The first-order valence-electron chi connectivity index (χ1n) is 9.11. The lowest BCUT2D eigenvalue weighted by atomic mass is 9.95. The molecule has 4 heteroatoms. The Morgan fingerprint density at radius 1 is 0.786 bits per heavy atom. The number of para-hydroxylation sites is 1. The number of nitrogens with one attached hydrogen (secondary N) is 1. The van der Waals surface area contributed by atoms with E-state index >= 15 is 0 Å². The molecule has 0 saturated heterocycles. The molecule has 0 aliphatic rings. The number of benzene rings is 3. The average Bonchev–Trinajstić information content (AvgIpc) is 3.22. The van der Waals surface area contributed by atoms with Gasteiger partial charge in [0.2, 0.25) is 0 Å². The van der Waals surface area contributed by atoms with Crippen LogP contribution in [0.3, 0.4) is 0 Å². The Bertz CT molecular complexity index is 1580. The maximum absolute atomic E-state index is 13.0. The molecule has 0 spiro atoms. The molecule has 6 aromatic rings. The van der Waals surface area contributed by atoms with Gasteiger partial charge in [-0.25, -0.2) is 4.79 Å². The van der Waals surface area contributed by atoms with E-state index in [1.54, 1.807) is 0 Å². The van der Waals surface area contributed by atoms with Crippen molar-refractivity contribution in [1.29, 1.82) is 0 Å². The van der Waals surface area contributed by atoms with Crippen LogP contribution in [0.4, 0.5) is 0 Å². The summed E-state index contributed by atoms with van der Waals surface area (Å²) in [5.74, 6) is 0. The first kappa shape index (κ1) is 15.2. The first-order chi connectivity index (χ1) is 13.8. The van der Waals surface area contributed by atoms with E-state index in [1.165, 1.54) is 0 Å². The molecule has 0 aliphatic carbocycles. The molecule has 0 aliphatic heterocycles. The van der Waals surface area contributed by atoms with Crippen LogP contribution >= 0.6 is 0 Å². The van der Waals surface area contributed by atoms with Crippen LogP contribution in [0, 0.1) is 0 Å². The smallest absolute Gasteiger partial charge is 0.346 e. The number of fused-ring (bicyclic) bond motifs is 6. The Kier molecular flexibility index (Phi) is 3.00. The number of aromatic amines is 1. The summed E-state index contributed by atoms with van der Waals surface area (Å²) in [5.41, 5.74) is 4.65. The van der Waals surface area contributed by atoms with E-state index < -0.39 is 0 Å². The van der Waals surface area contributed by atoms with Crippen LogP contribution in [0.2, 0.25) is 0 Å². The maximum Gasteiger partial charge on any atom is 0.346 e. The summed E-state index contributed by atoms with van der Waals surface area (Å²) in [6, 6.07) is 23.6. The van der Waals surface area contributed by atoms with Crippen LogP contribution in [0.15, 0.2) is 88.2 Å². The quantitative estimate of drug-likeness (QED) is 0.234. The fourth-order valence-corrected chi connectivity index (χ4v) is 4.08. The van der Waals surface area contributed by atoms with E-state index in [-0.39, 0.29) is 5.63 Å². The highest BCUT2D eigenvalue weighted by Gasteiger charge is 2.18. The minimum atomic E-state index is -0.346. The molecule has 0 atom stereocenters. The molecule has 6 rings (SSSR count). The molecule has 3 aromatic carbocycles. The molecule has 0 bridgehead atoms. The van der Waals surface area contributed by atoms with Gasteiger partial charge in [-0.1, -0.05) is 54.6 Å². The van der Waals surface area contributed by atoms with Gasteiger partial charge in [-0.2, -0.15) is 0 Å². The number of H-pyrrole nitrogens is 1. The van der Waals surface area contributed by atoms with Gasteiger partial charge in [-0.05, 0) is 23.8 Å². The lowest BCUT2D eigenvalue weighted by molar-refractivity contribution is 0.569. The van der Waals surface area contributed by atoms with Gasteiger partial charge in [0, 0.05) is 27.9 Å². The summed E-state index contributed by atoms with van der Waals surface area (Å²) >= 11 is 0. The fourth-order valence-electron chi connectivity index (χ4n) is 4.08. The molecule has 1 N–H and O–H groups in total. The minimum absolute atomic E-state index is 0.346. The number of hydrogen-bond donors (Lipinski definition) is 1. The molecule has 0 radical (unpaired) electrons. The Hall–Kier alpha value is -3.92. The number of hydrogen-bond acceptors (Lipinski definition) is 3. The van der Waals surface area contributed by atoms with Gasteiger partial charge in [0.25, 0.3) is 0 Å². The highest BCUT2D eigenvalue weighted by Crippen LogP contribution is 2.37. The minimum Gasteiger partial charge on any atom is -0.422 e. The van der Waals surface area contributed by atoms with Gasteiger partial charge in [0.15, 0.2) is 0 Å². The summed E-state index contributed by atoms with van der Waals surface area (Å²) in [4.78, 5) is 21.1. The van der Waals surface area contributed by atoms with Crippen molar-refractivity contribution < 1.29 is 4.42 Å². The molecule has 0 saturated carbocycles. The SMILES string of the molecule is O=c1oc2ccccc2c2[nH]c3c(ccc4ccnc43)c(-c3ccccc3)c12. The third kappa shape index (κ3) is 2.00. The lowest BCUT2D eigenvalue weighted by Crippen LogP contribution is -2.04. The monoisotopic (exact) mass is 362 g/mol. The van der Waals surface area contributed by atoms with Crippen molar-refractivity contribution >= 4 is 43.7 Å². The fraction of sp³-hybridized carbons (Fsp3) is 0. The normalized spacial score (nSPS) is 11.7. The van der Waals surface area contributed by atoms with Crippen LogP contribution in [-0.2, 0) is 0 Å². The van der Waals surface area contributed by atoms with Crippen LogP contribution in [0.25, 0.3) is 54.8 Å². The molecule has 132 valence electrons. The van der Waals surface area contributed by atoms with Crippen molar-refractivity contribution in [2.75, 3.05) is 0 Å². The molecule has 4 nitrogen and oxygen atoms in total. The summed E-state index contributed by atoms with van der Waals surface area (Å²) in [5, 5.41) is 3.45. The zero-order valence-corrected chi connectivity index (χ0v) is 14.8. The molecule has 0 amide bonds. The number of nitrogens with zero attached hydrogens (tertiary/aromatic N) is 1. The van der Waals surface area contributed by atoms with Crippen LogP contribution in [-0.4, -0.2) is 9.97 Å². The highest BCUT2D eigenvalue weighted by atomic mass is 16.4. The van der Waals surface area contributed by atoms with E-state index in [1.807, 2.05) is 79.0 Å². The molecular weight excluding hydrogens is 348 g/mol. The van der Waals surface area contributed by atoms with E-state index in [2.05, 4.69) is 9.97 Å². The summed E-state index contributed by atoms with van der Waals surface area (Å²) < 4.78 is 5.67. The van der Waals surface area contributed by atoms with Gasteiger partial charge in [0.1, 0.15) is 5.58 Å². The van der Waals surface area contributed by atoms with Crippen molar-refractivity contribution in [2.45, 2.75) is 0 Å². The number of aromatic nitrogens is 2. The average molecular weight is 362 g/mol. The highest BCUT2D eigenvalue weighted by molar-refractivity contribution is 6.19. The van der Waals surface area contributed by atoms with Crippen LogP contribution in [0.5, 0.6) is 0 Å². The molecule has 0 unspecified atom stereocenters. The van der Waals surface area contributed by atoms with Crippen molar-refractivity contribution in [2.24, 2.45) is 0 Å². The Morgan fingerprint density at radius 2 is 1.61 bits per heavy atom. The summed E-state index contributed by atoms with van der Waals surface area (Å²) in [7, 11) is 0. The molecular formula is C24H14N2O2. The van der Waals surface area contributed by atoms with Crippen LogP contribution < -0.4 is 5.63 Å². The van der Waals surface area contributed by atoms with Gasteiger partial charge in [-0.15, -0.1) is 0 Å². The van der Waals surface area contributed by atoms with Gasteiger partial charge < -0.3 is 9.40 Å². The second-order valence-corrected chi connectivity index (χ2v) is 6.87. The predicted molar refractivity (Wildman–Crippen MR) is 113 cm³/mol. The lowest BCUT2D eigenvalue weighted by Gasteiger charge is -2.13.